The molecule has 1 aliphatic heterocycles. The number of carboxylic acids is 1. The van der Waals surface area contributed by atoms with E-state index in [1.165, 1.54) is 12.1 Å². The molecule has 0 saturated carbocycles. The molecule has 0 bridgehead atoms. The maximum atomic E-state index is 13.3. The van der Waals surface area contributed by atoms with E-state index in [4.69, 9.17) is 9.84 Å². The summed E-state index contributed by atoms with van der Waals surface area (Å²) in [5.41, 5.74) is 1.47. The molecule has 0 spiro atoms. The van der Waals surface area contributed by atoms with Crippen LogP contribution in [0.15, 0.2) is 48.5 Å². The van der Waals surface area contributed by atoms with Gasteiger partial charge in [-0.25, -0.2) is 4.39 Å². The fourth-order valence-corrected chi connectivity index (χ4v) is 3.68. The summed E-state index contributed by atoms with van der Waals surface area (Å²) < 4.78 is 18.5. The highest BCUT2D eigenvalue weighted by Gasteiger charge is 2.28. The normalized spacial score (nSPS) is 15.7. The van der Waals surface area contributed by atoms with Crippen molar-refractivity contribution < 1.29 is 23.8 Å². The number of piperazine rings is 1. The topological polar surface area (TPSA) is 70.1 Å². The number of nitrogens with zero attached hydrogens (tertiary/aromatic N) is 2. The minimum atomic E-state index is -0.857. The van der Waals surface area contributed by atoms with Crippen LogP contribution in [0.3, 0.4) is 0 Å². The molecule has 0 aromatic heterocycles. The van der Waals surface area contributed by atoms with Crippen molar-refractivity contribution in [2.24, 2.45) is 0 Å². The highest BCUT2D eigenvalue weighted by atomic mass is 19.1. The molecule has 6 nitrogen and oxygen atoms in total. The van der Waals surface area contributed by atoms with Crippen LogP contribution in [0.1, 0.15) is 34.8 Å². The summed E-state index contributed by atoms with van der Waals surface area (Å²) in [5, 5.41) is 9.09. The molecule has 2 aromatic rings. The third-order valence-corrected chi connectivity index (χ3v) is 5.25. The smallest absolute Gasteiger partial charge is 0.303 e. The number of carbonyl (C=O) groups excluding carboxylic acids is 1. The predicted octanol–water partition coefficient (Wildman–Crippen LogP) is 3.20. The molecular weight excluding hydrogens is 375 g/mol. The Bertz CT molecular complexity index is 848. The quantitative estimate of drug-likeness (QED) is 0.773. The van der Waals surface area contributed by atoms with E-state index in [2.05, 4.69) is 4.90 Å². The molecule has 0 aliphatic carbocycles. The van der Waals surface area contributed by atoms with Gasteiger partial charge in [0.05, 0.1) is 7.11 Å². The van der Waals surface area contributed by atoms with Gasteiger partial charge in [0.2, 0.25) is 0 Å². The molecular formula is C22H25FN2O4. The first-order chi connectivity index (χ1) is 14.0. The summed E-state index contributed by atoms with van der Waals surface area (Å²) >= 11 is 0. The Labute approximate surface area is 169 Å². The van der Waals surface area contributed by atoms with E-state index in [-0.39, 0.29) is 24.2 Å². The molecule has 1 aliphatic rings. The summed E-state index contributed by atoms with van der Waals surface area (Å²) in [4.78, 5) is 27.8. The fraction of sp³-hybridized carbons (Fsp3) is 0.364. The molecule has 154 valence electrons. The molecule has 1 N–H and O–H groups in total. The Morgan fingerprint density at radius 1 is 1.10 bits per heavy atom. The largest absolute Gasteiger partial charge is 0.497 e. The SMILES string of the molecule is COc1cccc(C(=O)N2CCN([C@H](CCC(=O)O)c3ccc(F)cc3)CC2)c1. The van der Waals surface area contributed by atoms with Crippen molar-refractivity contribution in [1.29, 1.82) is 0 Å². The van der Waals surface area contributed by atoms with Crippen molar-refractivity contribution in [2.75, 3.05) is 33.3 Å². The number of benzene rings is 2. The highest BCUT2D eigenvalue weighted by Crippen LogP contribution is 2.27. The first-order valence-electron chi connectivity index (χ1n) is 9.62. The van der Waals surface area contributed by atoms with Gasteiger partial charge in [0.15, 0.2) is 0 Å². The van der Waals surface area contributed by atoms with Crippen molar-refractivity contribution in [2.45, 2.75) is 18.9 Å². The lowest BCUT2D eigenvalue weighted by Crippen LogP contribution is -2.49. The number of rotatable bonds is 7. The van der Waals surface area contributed by atoms with E-state index < -0.39 is 5.97 Å². The van der Waals surface area contributed by atoms with Crippen molar-refractivity contribution in [3.05, 3.63) is 65.5 Å². The molecule has 29 heavy (non-hydrogen) atoms. The standard InChI is InChI=1S/C22H25FN2O4/c1-29-19-4-2-3-17(15-19)22(28)25-13-11-24(12-14-25)20(9-10-21(26)27)16-5-7-18(23)8-6-16/h2-8,15,20H,9-14H2,1H3,(H,26,27)/t20-/m1/s1. The molecule has 2 aromatic carbocycles. The van der Waals surface area contributed by atoms with Gasteiger partial charge in [-0.2, -0.15) is 0 Å². The number of amides is 1. The van der Waals surface area contributed by atoms with Crippen molar-refractivity contribution in [1.82, 2.24) is 9.80 Å². The second-order valence-electron chi connectivity index (χ2n) is 7.06. The summed E-state index contributed by atoms with van der Waals surface area (Å²) in [6.07, 6.45) is 0.468. The van der Waals surface area contributed by atoms with E-state index in [0.717, 1.165) is 5.56 Å². The van der Waals surface area contributed by atoms with Crippen LogP contribution in [0, 0.1) is 5.82 Å². The van der Waals surface area contributed by atoms with Crippen molar-refractivity contribution >= 4 is 11.9 Å². The number of carbonyl (C=O) groups is 2. The number of carboxylic acid groups (broad SMARTS) is 1. The van der Waals surface area contributed by atoms with Crippen LogP contribution in [0.5, 0.6) is 5.75 Å². The summed E-state index contributed by atoms with van der Waals surface area (Å²) in [7, 11) is 1.56. The predicted molar refractivity (Wildman–Crippen MR) is 106 cm³/mol. The molecule has 1 heterocycles. The zero-order chi connectivity index (χ0) is 20.8. The van der Waals surface area contributed by atoms with Crippen LogP contribution in [0.2, 0.25) is 0 Å². The Morgan fingerprint density at radius 2 is 1.79 bits per heavy atom. The van der Waals surface area contributed by atoms with Crippen LogP contribution < -0.4 is 4.74 Å². The summed E-state index contributed by atoms with van der Waals surface area (Å²) in [6, 6.07) is 13.2. The zero-order valence-electron chi connectivity index (χ0n) is 16.4. The first kappa shape index (κ1) is 20.8. The van der Waals surface area contributed by atoms with Gasteiger partial charge in [-0.05, 0) is 42.3 Å². The third-order valence-electron chi connectivity index (χ3n) is 5.25. The average molecular weight is 400 g/mol. The van der Waals surface area contributed by atoms with Gasteiger partial charge in [0.25, 0.3) is 5.91 Å². The lowest BCUT2D eigenvalue weighted by atomic mass is 9.99. The van der Waals surface area contributed by atoms with E-state index in [1.54, 1.807) is 48.4 Å². The number of hydrogen-bond donors (Lipinski definition) is 1. The lowest BCUT2D eigenvalue weighted by molar-refractivity contribution is -0.137. The Hall–Kier alpha value is -2.93. The minimum Gasteiger partial charge on any atom is -0.497 e. The molecule has 0 unspecified atom stereocenters. The van der Waals surface area contributed by atoms with E-state index >= 15 is 0 Å². The van der Waals surface area contributed by atoms with E-state index in [1.807, 2.05) is 0 Å². The average Bonchev–Trinajstić information content (AvgIpc) is 2.75. The number of aliphatic carboxylic acids is 1. The number of ether oxygens (including phenoxy) is 1. The van der Waals surface area contributed by atoms with Crippen LogP contribution in [0.4, 0.5) is 4.39 Å². The second kappa shape index (κ2) is 9.52. The van der Waals surface area contributed by atoms with Crippen LogP contribution in [-0.2, 0) is 4.79 Å². The van der Waals surface area contributed by atoms with Gasteiger partial charge < -0.3 is 14.7 Å². The number of methoxy groups -OCH3 is 1. The van der Waals surface area contributed by atoms with E-state index in [0.29, 0.717) is 43.9 Å². The van der Waals surface area contributed by atoms with Crippen molar-refractivity contribution in [3.63, 3.8) is 0 Å². The first-order valence-corrected chi connectivity index (χ1v) is 9.62. The van der Waals surface area contributed by atoms with Gasteiger partial charge in [-0.1, -0.05) is 18.2 Å². The Morgan fingerprint density at radius 3 is 2.41 bits per heavy atom. The van der Waals surface area contributed by atoms with E-state index in [9.17, 15) is 14.0 Å². The minimum absolute atomic E-state index is 0.0327. The second-order valence-corrected chi connectivity index (χ2v) is 7.06. The third kappa shape index (κ3) is 5.32. The highest BCUT2D eigenvalue weighted by molar-refractivity contribution is 5.94. The van der Waals surface area contributed by atoms with Crippen LogP contribution in [0.25, 0.3) is 0 Å². The monoisotopic (exact) mass is 400 g/mol. The fourth-order valence-electron chi connectivity index (χ4n) is 3.68. The Balaban J connectivity index is 1.67. The summed E-state index contributed by atoms with van der Waals surface area (Å²) in [6.45, 7) is 2.33. The van der Waals surface area contributed by atoms with Crippen LogP contribution >= 0.6 is 0 Å². The lowest BCUT2D eigenvalue weighted by Gasteiger charge is -2.39. The number of hydrogen-bond acceptors (Lipinski definition) is 4. The maximum absolute atomic E-state index is 13.3. The molecule has 1 saturated heterocycles. The molecule has 1 atom stereocenters. The van der Waals surface area contributed by atoms with Gasteiger partial charge in [-0.3, -0.25) is 14.5 Å². The van der Waals surface area contributed by atoms with Crippen molar-refractivity contribution in [3.8, 4) is 5.75 Å². The van der Waals surface area contributed by atoms with Crippen LogP contribution in [-0.4, -0.2) is 60.1 Å². The molecule has 1 fully saturated rings. The Kier molecular flexibility index (Phi) is 6.82. The zero-order valence-corrected chi connectivity index (χ0v) is 16.4. The molecule has 7 heteroatoms. The van der Waals surface area contributed by atoms with Gasteiger partial charge in [0.1, 0.15) is 11.6 Å². The molecule has 3 rings (SSSR count). The number of halogens is 1. The van der Waals surface area contributed by atoms with Gasteiger partial charge in [-0.15, -0.1) is 0 Å². The summed E-state index contributed by atoms with van der Waals surface area (Å²) in [5.74, 6) is -0.588. The molecule has 1 amide bonds. The maximum Gasteiger partial charge on any atom is 0.303 e. The molecule has 0 radical (unpaired) electrons. The van der Waals surface area contributed by atoms with Gasteiger partial charge in [0, 0.05) is 44.2 Å². The van der Waals surface area contributed by atoms with Gasteiger partial charge >= 0.3 is 5.97 Å².